The molecule has 1 saturated heterocycles. The molecule has 1 unspecified atom stereocenters. The molecule has 0 spiro atoms. The first kappa shape index (κ1) is 32.1. The summed E-state index contributed by atoms with van der Waals surface area (Å²) >= 11 is 1.50. The van der Waals surface area contributed by atoms with E-state index in [1.807, 2.05) is 50.4 Å². The second-order valence-electron chi connectivity index (χ2n) is 11.0. The number of nitrogens with one attached hydrogen (secondary N) is 3. The summed E-state index contributed by atoms with van der Waals surface area (Å²) in [5, 5.41) is 16.6. The highest BCUT2D eigenvalue weighted by atomic mass is 32.2. The molecule has 0 bridgehead atoms. The maximum absolute atomic E-state index is 13.0. The molecule has 2 rings (SSSR count). The molecule has 1 aromatic rings. The van der Waals surface area contributed by atoms with Crippen LogP contribution in [0, 0.1) is 5.92 Å². The molecule has 0 aliphatic carbocycles. The van der Waals surface area contributed by atoms with Crippen molar-refractivity contribution in [3.63, 3.8) is 0 Å². The number of benzene rings is 1. The average Bonchev–Trinajstić information content (AvgIpc) is 2.84. The fraction of sp³-hybridized carbons (Fsp3) is 0.630. The van der Waals surface area contributed by atoms with E-state index in [2.05, 4.69) is 26.8 Å². The number of rotatable bonds is 10. The summed E-state index contributed by atoms with van der Waals surface area (Å²) in [4.78, 5) is 19.8. The lowest BCUT2D eigenvalue weighted by Crippen LogP contribution is -2.47. The Morgan fingerprint density at radius 2 is 1.82 bits per heavy atom. The van der Waals surface area contributed by atoms with Crippen LogP contribution in [-0.4, -0.2) is 72.7 Å². The molecular weight excluding hydrogens is 522 g/mol. The number of urea groups is 1. The van der Waals surface area contributed by atoms with Gasteiger partial charge >= 0.3 is 6.03 Å². The highest BCUT2D eigenvalue weighted by Gasteiger charge is 2.31. The number of amides is 2. The van der Waals surface area contributed by atoms with Crippen LogP contribution in [0.1, 0.15) is 59.4 Å². The van der Waals surface area contributed by atoms with Gasteiger partial charge < -0.3 is 20.6 Å². The molecule has 1 fully saturated rings. The van der Waals surface area contributed by atoms with E-state index >= 15 is 0 Å². The van der Waals surface area contributed by atoms with E-state index in [0.29, 0.717) is 32.5 Å². The molecule has 0 saturated carbocycles. The van der Waals surface area contributed by atoms with Crippen molar-refractivity contribution < 1.29 is 18.3 Å². The molecule has 1 aliphatic heterocycles. The number of sulfonamides is 1. The van der Waals surface area contributed by atoms with E-state index in [9.17, 15) is 18.3 Å². The van der Waals surface area contributed by atoms with Crippen molar-refractivity contribution in [3.8, 4) is 0 Å². The molecule has 1 aliphatic rings. The topological polar surface area (TPSA) is 123 Å². The number of amidine groups is 1. The number of piperidine rings is 1. The number of aliphatic hydroxyl groups excluding tert-OH is 1. The van der Waals surface area contributed by atoms with Crippen molar-refractivity contribution >= 4 is 33.0 Å². The molecule has 0 aromatic heterocycles. The van der Waals surface area contributed by atoms with Gasteiger partial charge in [-0.1, -0.05) is 55.6 Å². The normalized spacial score (nSPS) is 18.0. The number of carbonyl (C=O) groups is 1. The Morgan fingerprint density at radius 1 is 1.21 bits per heavy atom. The lowest BCUT2D eigenvalue weighted by molar-refractivity contribution is 0.110. The first-order valence-electron chi connectivity index (χ1n) is 13.1. The minimum absolute atomic E-state index is 0.0586. The van der Waals surface area contributed by atoms with Crippen LogP contribution >= 0.6 is 11.8 Å². The van der Waals surface area contributed by atoms with Crippen molar-refractivity contribution in [2.75, 3.05) is 19.3 Å². The quantitative estimate of drug-likeness (QED) is 0.253. The summed E-state index contributed by atoms with van der Waals surface area (Å²) < 4.78 is 28.6. The van der Waals surface area contributed by atoms with Crippen LogP contribution < -0.4 is 15.4 Å². The van der Waals surface area contributed by atoms with Gasteiger partial charge in [0.25, 0.3) is 0 Å². The summed E-state index contributed by atoms with van der Waals surface area (Å²) in [5.74, 6) is -0.198. The number of hydrogen-bond donors (Lipinski definition) is 4. The maximum atomic E-state index is 13.0. The second kappa shape index (κ2) is 14.3. The average molecular weight is 568 g/mol. The number of nitrogens with zero attached hydrogens (tertiary/aromatic N) is 2. The van der Waals surface area contributed by atoms with Crippen LogP contribution in [0.25, 0.3) is 0 Å². The first-order chi connectivity index (χ1) is 17.7. The first-order valence-corrected chi connectivity index (χ1v) is 15.8. The molecule has 9 nitrogen and oxygen atoms in total. The number of thioether (sulfide) groups is 1. The van der Waals surface area contributed by atoms with Crippen LogP contribution in [-0.2, 0) is 16.6 Å². The van der Waals surface area contributed by atoms with Crippen LogP contribution in [0.15, 0.2) is 46.8 Å². The summed E-state index contributed by atoms with van der Waals surface area (Å²) in [5.41, 5.74) is 0.353. The van der Waals surface area contributed by atoms with Crippen LogP contribution in [0.4, 0.5) is 4.79 Å². The number of hydrogen-bond acceptors (Lipinski definition) is 6. The van der Waals surface area contributed by atoms with Crippen molar-refractivity contribution in [1.29, 1.82) is 0 Å². The zero-order valence-electron chi connectivity index (χ0n) is 23.5. The van der Waals surface area contributed by atoms with Crippen LogP contribution in [0.3, 0.4) is 0 Å². The number of likely N-dealkylation sites (tertiary alicyclic amines) is 1. The van der Waals surface area contributed by atoms with Gasteiger partial charge in [0.1, 0.15) is 0 Å². The third-order valence-corrected chi connectivity index (χ3v) is 9.04. The van der Waals surface area contributed by atoms with Crippen LogP contribution in [0.2, 0.25) is 0 Å². The molecule has 1 heterocycles. The Balaban J connectivity index is 2.20. The molecule has 38 heavy (non-hydrogen) atoms. The van der Waals surface area contributed by atoms with Gasteiger partial charge in [0.15, 0.2) is 5.17 Å². The molecule has 0 radical (unpaired) electrons. The largest absolute Gasteiger partial charge is 0.393 e. The number of carbonyl (C=O) groups excluding carboxylic acids is 1. The second-order valence-corrected chi connectivity index (χ2v) is 13.5. The molecule has 214 valence electrons. The third kappa shape index (κ3) is 10.6. The smallest absolute Gasteiger partial charge is 0.315 e. The van der Waals surface area contributed by atoms with Gasteiger partial charge in [-0.2, -0.15) is 0 Å². The fourth-order valence-electron chi connectivity index (χ4n) is 4.13. The summed E-state index contributed by atoms with van der Waals surface area (Å²) in [6, 6.07) is 8.61. The Bertz CT molecular complexity index is 1050. The fourth-order valence-corrected chi connectivity index (χ4v) is 6.15. The zero-order valence-corrected chi connectivity index (χ0v) is 25.2. The lowest BCUT2D eigenvalue weighted by atomic mass is 9.92. The lowest BCUT2D eigenvalue weighted by Gasteiger charge is -2.34. The van der Waals surface area contributed by atoms with E-state index in [4.69, 9.17) is 4.99 Å². The third-order valence-electron chi connectivity index (χ3n) is 6.50. The Kier molecular flexibility index (Phi) is 12.1. The van der Waals surface area contributed by atoms with Crippen molar-refractivity contribution in [1.82, 2.24) is 20.3 Å². The summed E-state index contributed by atoms with van der Waals surface area (Å²) in [6.45, 7) is 14.9. The zero-order chi connectivity index (χ0) is 28.5. The molecule has 11 heteroatoms. The molecular formula is C27H45N5O4S2. The number of aliphatic hydroxyl groups is 1. The van der Waals surface area contributed by atoms with Crippen molar-refractivity contribution in [2.45, 2.75) is 84.2 Å². The monoisotopic (exact) mass is 567 g/mol. The van der Waals surface area contributed by atoms with Gasteiger partial charge in [0, 0.05) is 37.6 Å². The van der Waals surface area contributed by atoms with E-state index in [-0.39, 0.29) is 35.4 Å². The highest BCUT2D eigenvalue weighted by Crippen LogP contribution is 2.25. The SMILES string of the molecule is C=C(C[C@@H](/N=C(\SC)N1CCC(O)CC1)[C@H](C)C(C)NC(=O)NCc1ccccc1)S(=O)(=O)NC(C)(C)C. The minimum atomic E-state index is -3.78. The van der Waals surface area contributed by atoms with Crippen LogP contribution in [0.5, 0.6) is 0 Å². The summed E-state index contributed by atoms with van der Waals surface area (Å²) in [7, 11) is -3.78. The minimum Gasteiger partial charge on any atom is -0.393 e. The van der Waals surface area contributed by atoms with Gasteiger partial charge in [-0.25, -0.2) is 17.9 Å². The Morgan fingerprint density at radius 3 is 2.37 bits per heavy atom. The van der Waals surface area contributed by atoms with Gasteiger partial charge in [-0.15, -0.1) is 0 Å². The van der Waals surface area contributed by atoms with E-state index in [1.54, 1.807) is 20.8 Å². The highest BCUT2D eigenvalue weighted by molar-refractivity contribution is 8.13. The van der Waals surface area contributed by atoms with Gasteiger partial charge in [0.2, 0.25) is 10.0 Å². The molecule has 2 amide bonds. The predicted molar refractivity (Wildman–Crippen MR) is 158 cm³/mol. The predicted octanol–water partition coefficient (Wildman–Crippen LogP) is 3.68. The van der Waals surface area contributed by atoms with E-state index in [0.717, 1.165) is 10.7 Å². The van der Waals surface area contributed by atoms with Gasteiger partial charge in [0.05, 0.1) is 17.1 Å². The molecule has 4 N–H and O–H groups in total. The molecule has 1 aromatic carbocycles. The summed E-state index contributed by atoms with van der Waals surface area (Å²) in [6.07, 6.45) is 3.07. The number of aliphatic imine (C=N–C) groups is 1. The van der Waals surface area contributed by atoms with Crippen molar-refractivity contribution in [3.05, 3.63) is 47.4 Å². The van der Waals surface area contributed by atoms with Gasteiger partial charge in [-0.3, -0.25) is 4.99 Å². The van der Waals surface area contributed by atoms with Gasteiger partial charge in [-0.05, 0) is 58.3 Å². The standard InChI is InChI=1S/C27H45N5O4S2/c1-19(38(35,36)31-27(4,5)6)17-24(30-26(37-7)32-15-13-23(33)14-16-32)20(2)21(3)29-25(34)28-18-22-11-9-8-10-12-22/h8-12,20-21,23-24,31,33H,1,13-18H2,2-7H3,(H2,28,29,34)/b30-26-/t20-,21?,24-/m1/s1. The Hall–Kier alpha value is -2.08. The maximum Gasteiger partial charge on any atom is 0.315 e. The van der Waals surface area contributed by atoms with Crippen molar-refractivity contribution in [2.24, 2.45) is 10.9 Å². The van der Waals surface area contributed by atoms with E-state index in [1.165, 1.54) is 11.8 Å². The Labute approximate surface area is 233 Å². The van der Waals surface area contributed by atoms with E-state index < -0.39 is 21.6 Å². The molecule has 3 atom stereocenters.